The Morgan fingerprint density at radius 2 is 1.94 bits per heavy atom. The Morgan fingerprint density at radius 1 is 1.25 bits per heavy atom. The van der Waals surface area contributed by atoms with Gasteiger partial charge in [-0.25, -0.2) is 0 Å². The third kappa shape index (κ3) is 2.18. The molecule has 16 heavy (non-hydrogen) atoms. The molecule has 1 aromatic carbocycles. The van der Waals surface area contributed by atoms with Crippen LogP contribution in [-0.4, -0.2) is 38.0 Å². The zero-order chi connectivity index (χ0) is 11.5. The van der Waals surface area contributed by atoms with Gasteiger partial charge in [0, 0.05) is 38.4 Å². The molecule has 0 aliphatic carbocycles. The van der Waals surface area contributed by atoms with E-state index in [9.17, 15) is 4.79 Å². The first kappa shape index (κ1) is 11.0. The third-order valence-electron chi connectivity index (χ3n) is 3.00. The minimum Gasteiger partial charge on any atom is -0.378 e. The first-order valence-electron chi connectivity index (χ1n) is 5.75. The van der Waals surface area contributed by atoms with Gasteiger partial charge in [0.15, 0.2) is 0 Å². The molecule has 1 amide bonds. The molecule has 1 saturated heterocycles. The van der Waals surface area contributed by atoms with E-state index in [0.29, 0.717) is 0 Å². The Kier molecular flexibility index (Phi) is 3.13. The van der Waals surface area contributed by atoms with E-state index in [1.165, 1.54) is 0 Å². The van der Waals surface area contributed by atoms with Gasteiger partial charge in [0.25, 0.3) is 5.91 Å². The van der Waals surface area contributed by atoms with E-state index in [1.54, 1.807) is 0 Å². The van der Waals surface area contributed by atoms with Gasteiger partial charge < -0.3 is 9.80 Å². The second-order valence-electron chi connectivity index (χ2n) is 4.44. The van der Waals surface area contributed by atoms with Gasteiger partial charge >= 0.3 is 0 Å². The first-order valence-corrected chi connectivity index (χ1v) is 5.75. The van der Waals surface area contributed by atoms with E-state index < -0.39 is 0 Å². The molecule has 0 N–H and O–H groups in total. The molecule has 0 aromatic heterocycles. The summed E-state index contributed by atoms with van der Waals surface area (Å²) in [4.78, 5) is 16.1. The van der Waals surface area contributed by atoms with Crippen molar-refractivity contribution in [3.63, 3.8) is 0 Å². The molecule has 86 valence electrons. The SMILES string of the molecule is CN(C)c1cccc(C(=O)N2CCCC2)c1. The Morgan fingerprint density at radius 3 is 2.56 bits per heavy atom. The van der Waals surface area contributed by atoms with Gasteiger partial charge in [0.2, 0.25) is 0 Å². The Balaban J connectivity index is 2.19. The van der Waals surface area contributed by atoms with Gasteiger partial charge in [-0.05, 0) is 31.0 Å². The van der Waals surface area contributed by atoms with Crippen LogP contribution in [0.5, 0.6) is 0 Å². The van der Waals surface area contributed by atoms with Crippen molar-refractivity contribution in [2.75, 3.05) is 32.1 Å². The van der Waals surface area contributed by atoms with Gasteiger partial charge in [-0.1, -0.05) is 6.07 Å². The van der Waals surface area contributed by atoms with Crippen LogP contribution in [0.25, 0.3) is 0 Å². The number of carbonyl (C=O) groups excluding carboxylic acids is 1. The molecule has 0 spiro atoms. The van der Waals surface area contributed by atoms with Crippen molar-refractivity contribution in [3.8, 4) is 0 Å². The number of nitrogens with zero attached hydrogens (tertiary/aromatic N) is 2. The van der Waals surface area contributed by atoms with E-state index in [1.807, 2.05) is 48.2 Å². The fraction of sp³-hybridized carbons (Fsp3) is 0.462. The maximum atomic E-state index is 12.1. The Labute approximate surface area is 96.7 Å². The van der Waals surface area contributed by atoms with Crippen molar-refractivity contribution < 1.29 is 4.79 Å². The highest BCUT2D eigenvalue weighted by molar-refractivity contribution is 5.95. The van der Waals surface area contributed by atoms with Crippen LogP contribution in [0, 0.1) is 0 Å². The summed E-state index contributed by atoms with van der Waals surface area (Å²) in [6.07, 6.45) is 2.28. The number of hydrogen-bond donors (Lipinski definition) is 0. The molecule has 3 nitrogen and oxygen atoms in total. The van der Waals surface area contributed by atoms with E-state index in [-0.39, 0.29) is 5.91 Å². The van der Waals surface area contributed by atoms with Crippen LogP contribution >= 0.6 is 0 Å². The molecule has 1 aromatic rings. The van der Waals surface area contributed by atoms with Crippen molar-refractivity contribution >= 4 is 11.6 Å². The molecule has 1 aliphatic heterocycles. The maximum absolute atomic E-state index is 12.1. The van der Waals surface area contributed by atoms with Crippen LogP contribution in [0.15, 0.2) is 24.3 Å². The van der Waals surface area contributed by atoms with Crippen LogP contribution < -0.4 is 4.90 Å². The van der Waals surface area contributed by atoms with Gasteiger partial charge in [0.05, 0.1) is 0 Å². The van der Waals surface area contributed by atoms with Gasteiger partial charge in [-0.2, -0.15) is 0 Å². The van der Waals surface area contributed by atoms with E-state index in [2.05, 4.69) is 0 Å². The van der Waals surface area contributed by atoms with Crippen molar-refractivity contribution in [3.05, 3.63) is 29.8 Å². The summed E-state index contributed by atoms with van der Waals surface area (Å²) in [5.41, 5.74) is 1.87. The number of carbonyl (C=O) groups is 1. The van der Waals surface area contributed by atoms with Gasteiger partial charge in [0.1, 0.15) is 0 Å². The minimum atomic E-state index is 0.168. The molecular formula is C13H18N2O. The lowest BCUT2D eigenvalue weighted by Crippen LogP contribution is -2.27. The second-order valence-corrected chi connectivity index (χ2v) is 4.44. The number of rotatable bonds is 2. The summed E-state index contributed by atoms with van der Waals surface area (Å²) in [6, 6.07) is 7.81. The number of anilines is 1. The quantitative estimate of drug-likeness (QED) is 0.758. The topological polar surface area (TPSA) is 23.6 Å². The van der Waals surface area contributed by atoms with Crippen LogP contribution in [0.4, 0.5) is 5.69 Å². The lowest BCUT2D eigenvalue weighted by Gasteiger charge is -2.17. The number of hydrogen-bond acceptors (Lipinski definition) is 2. The van der Waals surface area contributed by atoms with Crippen LogP contribution in [0.1, 0.15) is 23.2 Å². The standard InChI is InChI=1S/C13H18N2O/c1-14(2)12-7-5-6-11(10-12)13(16)15-8-3-4-9-15/h5-7,10H,3-4,8-9H2,1-2H3. The first-order chi connectivity index (χ1) is 7.68. The summed E-state index contributed by atoms with van der Waals surface area (Å²) in [7, 11) is 3.97. The van der Waals surface area contributed by atoms with Gasteiger partial charge in [-0.15, -0.1) is 0 Å². The average molecular weight is 218 g/mol. The predicted molar refractivity (Wildman–Crippen MR) is 65.9 cm³/mol. The molecule has 0 radical (unpaired) electrons. The monoisotopic (exact) mass is 218 g/mol. The zero-order valence-electron chi connectivity index (χ0n) is 9.94. The van der Waals surface area contributed by atoms with E-state index in [0.717, 1.165) is 37.2 Å². The summed E-state index contributed by atoms with van der Waals surface area (Å²) in [5.74, 6) is 0.168. The highest BCUT2D eigenvalue weighted by Gasteiger charge is 2.19. The van der Waals surface area contributed by atoms with E-state index in [4.69, 9.17) is 0 Å². The minimum absolute atomic E-state index is 0.168. The largest absolute Gasteiger partial charge is 0.378 e. The number of likely N-dealkylation sites (tertiary alicyclic amines) is 1. The molecule has 0 bridgehead atoms. The van der Waals surface area contributed by atoms with Gasteiger partial charge in [-0.3, -0.25) is 4.79 Å². The Hall–Kier alpha value is -1.51. The van der Waals surface area contributed by atoms with Crippen molar-refractivity contribution in [2.24, 2.45) is 0 Å². The van der Waals surface area contributed by atoms with Crippen LogP contribution in [0.3, 0.4) is 0 Å². The summed E-state index contributed by atoms with van der Waals surface area (Å²) >= 11 is 0. The highest BCUT2D eigenvalue weighted by atomic mass is 16.2. The molecule has 1 aliphatic rings. The fourth-order valence-electron chi connectivity index (χ4n) is 2.02. The average Bonchev–Trinajstić information content (AvgIpc) is 2.81. The van der Waals surface area contributed by atoms with Crippen molar-refractivity contribution in [1.82, 2.24) is 4.90 Å². The Bertz CT molecular complexity index is 381. The second kappa shape index (κ2) is 4.56. The lowest BCUT2D eigenvalue weighted by molar-refractivity contribution is 0.0793. The molecule has 0 unspecified atom stereocenters. The molecule has 3 heteroatoms. The molecular weight excluding hydrogens is 200 g/mol. The van der Waals surface area contributed by atoms with E-state index >= 15 is 0 Å². The molecule has 0 atom stereocenters. The highest BCUT2D eigenvalue weighted by Crippen LogP contribution is 2.17. The summed E-state index contributed by atoms with van der Waals surface area (Å²) < 4.78 is 0. The van der Waals surface area contributed by atoms with Crippen LogP contribution in [-0.2, 0) is 0 Å². The number of amides is 1. The predicted octanol–water partition coefficient (Wildman–Crippen LogP) is 1.99. The molecule has 1 heterocycles. The molecule has 1 fully saturated rings. The summed E-state index contributed by atoms with van der Waals surface area (Å²) in [6.45, 7) is 1.82. The summed E-state index contributed by atoms with van der Waals surface area (Å²) in [5, 5.41) is 0. The molecule has 2 rings (SSSR count). The fourth-order valence-corrected chi connectivity index (χ4v) is 2.02. The normalized spacial score (nSPS) is 15.2. The van der Waals surface area contributed by atoms with Crippen LogP contribution in [0.2, 0.25) is 0 Å². The lowest BCUT2D eigenvalue weighted by atomic mass is 10.1. The number of benzene rings is 1. The van der Waals surface area contributed by atoms with Crippen molar-refractivity contribution in [2.45, 2.75) is 12.8 Å². The molecule has 0 saturated carbocycles. The van der Waals surface area contributed by atoms with Crippen molar-refractivity contribution in [1.29, 1.82) is 0 Å². The zero-order valence-corrected chi connectivity index (χ0v) is 9.94. The maximum Gasteiger partial charge on any atom is 0.253 e. The third-order valence-corrected chi connectivity index (χ3v) is 3.00. The smallest absolute Gasteiger partial charge is 0.253 e.